The van der Waals surface area contributed by atoms with Crippen molar-refractivity contribution in [3.8, 4) is 11.5 Å². The predicted octanol–water partition coefficient (Wildman–Crippen LogP) is 5.75. The summed E-state index contributed by atoms with van der Waals surface area (Å²) in [7, 11) is 1.59. The van der Waals surface area contributed by atoms with Crippen molar-refractivity contribution in [2.75, 3.05) is 7.11 Å². The SMILES string of the molecule is COc1ccc(Cn2nnc(C(=O)O)c2SC2CCC(c3cccc(OC(F)(F)F)c3)CC2)cc1. The third kappa shape index (κ3) is 6.47. The predicted molar refractivity (Wildman–Crippen MR) is 123 cm³/mol. The van der Waals surface area contributed by atoms with E-state index in [1.807, 2.05) is 30.3 Å². The van der Waals surface area contributed by atoms with E-state index in [0.717, 1.165) is 42.6 Å². The maximum absolute atomic E-state index is 12.6. The smallest absolute Gasteiger partial charge is 0.497 e. The lowest BCUT2D eigenvalue weighted by Gasteiger charge is -2.28. The molecule has 1 aliphatic rings. The molecule has 2 aromatic carbocycles. The van der Waals surface area contributed by atoms with E-state index in [9.17, 15) is 23.1 Å². The van der Waals surface area contributed by atoms with Gasteiger partial charge in [0.2, 0.25) is 5.69 Å². The Morgan fingerprint density at radius 1 is 1.11 bits per heavy atom. The van der Waals surface area contributed by atoms with Crippen molar-refractivity contribution in [1.82, 2.24) is 15.0 Å². The first-order valence-corrected chi connectivity index (χ1v) is 11.9. The van der Waals surface area contributed by atoms with Crippen LogP contribution >= 0.6 is 11.8 Å². The Bertz CT molecular complexity index is 1160. The van der Waals surface area contributed by atoms with Gasteiger partial charge in [-0.05, 0) is 67.0 Å². The molecule has 0 bridgehead atoms. The number of benzene rings is 2. The summed E-state index contributed by atoms with van der Waals surface area (Å²) in [5.74, 6) is -0.514. The fourth-order valence-corrected chi connectivity index (χ4v) is 5.49. The number of aromatic nitrogens is 3. The molecule has 0 saturated heterocycles. The zero-order chi connectivity index (χ0) is 25.0. The number of alkyl halides is 3. The molecule has 11 heteroatoms. The average Bonchev–Trinajstić information content (AvgIpc) is 3.21. The third-order valence-electron chi connectivity index (χ3n) is 5.90. The number of hydrogen-bond acceptors (Lipinski definition) is 6. The number of hydrogen-bond donors (Lipinski definition) is 1. The minimum atomic E-state index is -4.72. The summed E-state index contributed by atoms with van der Waals surface area (Å²) in [6.45, 7) is 0.369. The fourth-order valence-electron chi connectivity index (χ4n) is 4.20. The van der Waals surface area contributed by atoms with Crippen LogP contribution < -0.4 is 9.47 Å². The first-order valence-electron chi connectivity index (χ1n) is 11.0. The van der Waals surface area contributed by atoms with Gasteiger partial charge in [-0.3, -0.25) is 0 Å². The number of halogens is 3. The molecular formula is C24H24F3N3O4S. The molecule has 0 unspecified atom stereocenters. The summed E-state index contributed by atoms with van der Waals surface area (Å²) in [6, 6.07) is 13.6. The molecule has 7 nitrogen and oxygen atoms in total. The first-order chi connectivity index (χ1) is 16.7. The van der Waals surface area contributed by atoms with Gasteiger partial charge in [0.05, 0.1) is 13.7 Å². The molecular weight excluding hydrogens is 483 g/mol. The largest absolute Gasteiger partial charge is 0.573 e. The van der Waals surface area contributed by atoms with E-state index < -0.39 is 12.3 Å². The molecule has 1 fully saturated rings. The molecule has 1 aromatic heterocycles. The van der Waals surface area contributed by atoms with Crippen molar-refractivity contribution in [3.05, 3.63) is 65.4 Å². The van der Waals surface area contributed by atoms with Gasteiger partial charge in [0, 0.05) is 5.25 Å². The van der Waals surface area contributed by atoms with E-state index in [1.54, 1.807) is 17.9 Å². The number of thioether (sulfide) groups is 1. The van der Waals surface area contributed by atoms with E-state index in [4.69, 9.17) is 4.74 Å². The number of carbonyl (C=O) groups is 1. The van der Waals surface area contributed by atoms with Crippen LogP contribution in [0.4, 0.5) is 13.2 Å². The summed E-state index contributed by atoms with van der Waals surface area (Å²) < 4.78 is 48.5. The Kier molecular flexibility index (Phi) is 7.54. The lowest BCUT2D eigenvalue weighted by Crippen LogP contribution is -2.18. The first kappa shape index (κ1) is 24.9. The molecule has 0 radical (unpaired) electrons. The number of carboxylic acid groups (broad SMARTS) is 1. The van der Waals surface area contributed by atoms with E-state index in [1.165, 1.54) is 23.9 Å². The van der Waals surface area contributed by atoms with Gasteiger partial charge in [-0.15, -0.1) is 30.0 Å². The zero-order valence-corrected chi connectivity index (χ0v) is 19.7. The van der Waals surface area contributed by atoms with Gasteiger partial charge in [0.1, 0.15) is 16.5 Å². The Morgan fingerprint density at radius 2 is 1.83 bits per heavy atom. The fraction of sp³-hybridized carbons (Fsp3) is 0.375. The van der Waals surface area contributed by atoms with Gasteiger partial charge in [0.25, 0.3) is 0 Å². The van der Waals surface area contributed by atoms with Crippen molar-refractivity contribution in [2.45, 2.75) is 54.8 Å². The molecule has 0 spiro atoms. The molecule has 0 amide bonds. The second kappa shape index (κ2) is 10.6. The second-order valence-corrected chi connectivity index (χ2v) is 9.55. The van der Waals surface area contributed by atoms with Gasteiger partial charge in [-0.1, -0.05) is 29.5 Å². The topological polar surface area (TPSA) is 86.5 Å². The zero-order valence-electron chi connectivity index (χ0n) is 18.9. The number of rotatable bonds is 8. The van der Waals surface area contributed by atoms with E-state index in [0.29, 0.717) is 11.6 Å². The Labute approximate surface area is 204 Å². The summed E-state index contributed by atoms with van der Waals surface area (Å²) in [4.78, 5) is 11.7. The van der Waals surface area contributed by atoms with Gasteiger partial charge >= 0.3 is 12.3 Å². The van der Waals surface area contributed by atoms with Crippen molar-refractivity contribution < 1.29 is 32.5 Å². The maximum Gasteiger partial charge on any atom is 0.573 e. The van der Waals surface area contributed by atoms with Gasteiger partial charge in [0.15, 0.2) is 0 Å². The van der Waals surface area contributed by atoms with Gasteiger partial charge in [-0.25, -0.2) is 9.48 Å². The molecule has 186 valence electrons. The van der Waals surface area contributed by atoms with E-state index >= 15 is 0 Å². The summed E-state index contributed by atoms with van der Waals surface area (Å²) in [5.41, 5.74) is 1.66. The highest BCUT2D eigenvalue weighted by Crippen LogP contribution is 2.41. The van der Waals surface area contributed by atoms with Crippen LogP contribution in [-0.4, -0.2) is 44.8 Å². The Morgan fingerprint density at radius 3 is 2.46 bits per heavy atom. The number of carboxylic acids is 1. The minimum absolute atomic E-state index is 0.0809. The van der Waals surface area contributed by atoms with Crippen LogP contribution in [0.3, 0.4) is 0 Å². The van der Waals surface area contributed by atoms with Crippen molar-refractivity contribution in [2.24, 2.45) is 0 Å². The normalized spacial score (nSPS) is 18.3. The Balaban J connectivity index is 1.43. The summed E-state index contributed by atoms with van der Waals surface area (Å²) in [5, 5.41) is 18.2. The van der Waals surface area contributed by atoms with Crippen molar-refractivity contribution >= 4 is 17.7 Å². The number of methoxy groups -OCH3 is 1. The van der Waals surface area contributed by atoms with Crippen LogP contribution in [0, 0.1) is 0 Å². The molecule has 1 N–H and O–H groups in total. The van der Waals surface area contributed by atoms with E-state index in [2.05, 4.69) is 15.0 Å². The molecule has 0 aliphatic heterocycles. The van der Waals surface area contributed by atoms with Gasteiger partial charge in [-0.2, -0.15) is 0 Å². The molecule has 1 saturated carbocycles. The highest BCUT2D eigenvalue weighted by Gasteiger charge is 2.32. The lowest BCUT2D eigenvalue weighted by atomic mass is 9.84. The van der Waals surface area contributed by atoms with Crippen molar-refractivity contribution in [3.63, 3.8) is 0 Å². The lowest BCUT2D eigenvalue weighted by molar-refractivity contribution is -0.274. The average molecular weight is 508 g/mol. The van der Waals surface area contributed by atoms with Crippen LogP contribution in [0.25, 0.3) is 0 Å². The van der Waals surface area contributed by atoms with Crippen LogP contribution in [0.15, 0.2) is 53.6 Å². The highest BCUT2D eigenvalue weighted by atomic mass is 32.2. The third-order valence-corrected chi connectivity index (χ3v) is 7.33. The van der Waals surface area contributed by atoms with Crippen LogP contribution in [0.5, 0.6) is 11.5 Å². The number of ether oxygens (including phenoxy) is 2. The molecule has 0 atom stereocenters. The number of nitrogens with zero attached hydrogens (tertiary/aromatic N) is 3. The van der Waals surface area contributed by atoms with Crippen LogP contribution in [0.2, 0.25) is 0 Å². The number of aromatic carboxylic acids is 1. The second-order valence-electron chi connectivity index (χ2n) is 8.27. The van der Waals surface area contributed by atoms with E-state index in [-0.39, 0.29) is 22.6 Å². The standard InChI is InChI=1S/C24H24F3N3O4S/c1-33-18-9-5-15(6-10-18)14-30-22(21(23(31)32)28-29-30)35-20-11-7-16(8-12-20)17-3-2-4-19(13-17)34-24(25,26)27/h2-6,9-10,13,16,20H,7-8,11-12,14H2,1H3,(H,31,32). The maximum atomic E-state index is 12.6. The molecule has 3 aromatic rings. The Hall–Kier alpha value is -3.21. The highest BCUT2D eigenvalue weighted by molar-refractivity contribution is 7.99. The molecule has 35 heavy (non-hydrogen) atoms. The molecule has 1 aliphatic carbocycles. The van der Waals surface area contributed by atoms with Crippen molar-refractivity contribution in [1.29, 1.82) is 0 Å². The molecule has 1 heterocycles. The summed E-state index contributed by atoms with van der Waals surface area (Å²) in [6.07, 6.45) is -1.61. The summed E-state index contributed by atoms with van der Waals surface area (Å²) >= 11 is 1.45. The van der Waals surface area contributed by atoms with Gasteiger partial charge < -0.3 is 14.6 Å². The quantitative estimate of drug-likeness (QED) is 0.415. The van der Waals surface area contributed by atoms with Crippen LogP contribution in [0.1, 0.15) is 53.2 Å². The van der Waals surface area contributed by atoms with Crippen LogP contribution in [-0.2, 0) is 6.54 Å². The minimum Gasteiger partial charge on any atom is -0.497 e. The molecule has 4 rings (SSSR count). The monoisotopic (exact) mass is 507 g/mol.